The molecule has 2 amide bonds. The Kier molecular flexibility index (Phi) is 4.12. The fraction of sp³-hybridized carbons (Fsp3) is 0.0769. The number of aromatic nitrogens is 4. The molecule has 0 unspecified atom stereocenters. The molecule has 22 heavy (non-hydrogen) atoms. The molecule has 4 N–H and O–H groups in total. The Morgan fingerprint density at radius 2 is 2.23 bits per heavy atom. The van der Waals surface area contributed by atoms with Crippen LogP contribution in [0.5, 0.6) is 0 Å². The van der Waals surface area contributed by atoms with Crippen molar-refractivity contribution in [2.45, 2.75) is 10.9 Å². The number of fused-ring (bicyclic) bond motifs is 1. The summed E-state index contributed by atoms with van der Waals surface area (Å²) in [5.41, 5.74) is 6.79. The van der Waals surface area contributed by atoms with Crippen LogP contribution in [0.4, 0.5) is 10.6 Å². The number of carbonyl (C=O) groups excluding carboxylic acids is 1. The SMILES string of the molecule is NC(=O)Nc1ccnc(SCc2nc3ccc(Cl)cc3[nH]2)n1. The molecule has 2 aromatic heterocycles. The number of aromatic amines is 1. The number of imidazole rings is 1. The lowest BCUT2D eigenvalue weighted by molar-refractivity contribution is 0.259. The number of hydrogen-bond acceptors (Lipinski definition) is 5. The predicted molar refractivity (Wildman–Crippen MR) is 85.9 cm³/mol. The van der Waals surface area contributed by atoms with Gasteiger partial charge in [0, 0.05) is 11.2 Å². The van der Waals surface area contributed by atoms with Gasteiger partial charge in [0.15, 0.2) is 5.16 Å². The second kappa shape index (κ2) is 6.20. The van der Waals surface area contributed by atoms with E-state index < -0.39 is 6.03 Å². The fourth-order valence-corrected chi connectivity index (χ4v) is 2.72. The first-order valence-electron chi connectivity index (χ1n) is 6.26. The van der Waals surface area contributed by atoms with E-state index in [4.69, 9.17) is 17.3 Å². The molecule has 0 aliphatic heterocycles. The standard InChI is InChI=1S/C13H11ClN6OS/c14-7-1-2-8-9(5-7)18-11(17-8)6-22-13-16-4-3-10(20-13)19-12(15)21/h1-5H,6H2,(H,17,18)(H3,15,16,19,20,21). The number of hydrogen-bond donors (Lipinski definition) is 3. The van der Waals surface area contributed by atoms with E-state index >= 15 is 0 Å². The van der Waals surface area contributed by atoms with Crippen molar-refractivity contribution in [2.75, 3.05) is 5.32 Å². The predicted octanol–water partition coefficient (Wildman–Crippen LogP) is 2.79. The highest BCUT2D eigenvalue weighted by atomic mass is 35.5. The number of rotatable bonds is 4. The summed E-state index contributed by atoms with van der Waals surface area (Å²) in [6.45, 7) is 0. The van der Waals surface area contributed by atoms with Crippen LogP contribution >= 0.6 is 23.4 Å². The number of urea groups is 1. The second-order valence-electron chi connectivity index (χ2n) is 4.35. The molecule has 112 valence electrons. The van der Waals surface area contributed by atoms with Crippen LogP contribution in [0.3, 0.4) is 0 Å². The van der Waals surface area contributed by atoms with E-state index in [0.29, 0.717) is 21.7 Å². The number of benzene rings is 1. The summed E-state index contributed by atoms with van der Waals surface area (Å²) >= 11 is 7.34. The number of amides is 2. The minimum Gasteiger partial charge on any atom is -0.351 e. The minimum absolute atomic E-state index is 0.362. The van der Waals surface area contributed by atoms with Crippen LogP contribution in [0.2, 0.25) is 5.02 Å². The van der Waals surface area contributed by atoms with E-state index in [-0.39, 0.29) is 0 Å². The van der Waals surface area contributed by atoms with E-state index in [0.717, 1.165) is 16.9 Å². The zero-order valence-corrected chi connectivity index (χ0v) is 12.8. The van der Waals surface area contributed by atoms with Crippen LogP contribution in [-0.2, 0) is 5.75 Å². The Bertz CT molecular complexity index is 836. The van der Waals surface area contributed by atoms with E-state index in [9.17, 15) is 4.79 Å². The molecule has 9 heteroatoms. The maximum absolute atomic E-state index is 10.8. The van der Waals surface area contributed by atoms with Gasteiger partial charge in [-0.3, -0.25) is 5.32 Å². The molecule has 0 atom stereocenters. The van der Waals surface area contributed by atoms with Gasteiger partial charge in [0.1, 0.15) is 11.6 Å². The lowest BCUT2D eigenvalue weighted by Gasteiger charge is -2.02. The van der Waals surface area contributed by atoms with E-state index in [1.54, 1.807) is 18.3 Å². The molecular formula is C13H11ClN6OS. The van der Waals surface area contributed by atoms with Gasteiger partial charge in [0.2, 0.25) is 0 Å². The topological polar surface area (TPSA) is 110 Å². The number of nitrogens with zero attached hydrogens (tertiary/aromatic N) is 3. The summed E-state index contributed by atoms with van der Waals surface area (Å²) in [5, 5.41) is 3.58. The summed E-state index contributed by atoms with van der Waals surface area (Å²) in [6, 6.07) is 6.38. The Hall–Kier alpha value is -2.32. The molecule has 0 saturated carbocycles. The van der Waals surface area contributed by atoms with Crippen molar-refractivity contribution < 1.29 is 4.79 Å². The molecule has 3 aromatic rings. The molecule has 0 aliphatic rings. The average molecular weight is 335 g/mol. The van der Waals surface area contributed by atoms with Gasteiger partial charge in [-0.25, -0.2) is 19.7 Å². The number of H-pyrrole nitrogens is 1. The van der Waals surface area contributed by atoms with Crippen molar-refractivity contribution >= 4 is 46.2 Å². The number of thioether (sulfide) groups is 1. The normalized spacial score (nSPS) is 10.8. The third kappa shape index (κ3) is 3.46. The lowest BCUT2D eigenvalue weighted by Crippen LogP contribution is -2.20. The van der Waals surface area contributed by atoms with Gasteiger partial charge in [-0.05, 0) is 24.3 Å². The maximum Gasteiger partial charge on any atom is 0.317 e. The molecule has 3 rings (SSSR count). The van der Waals surface area contributed by atoms with Crippen LogP contribution < -0.4 is 11.1 Å². The van der Waals surface area contributed by atoms with Crippen LogP contribution in [0, 0.1) is 0 Å². The lowest BCUT2D eigenvalue weighted by atomic mass is 10.3. The van der Waals surface area contributed by atoms with Gasteiger partial charge in [0.05, 0.1) is 16.8 Å². The highest BCUT2D eigenvalue weighted by Crippen LogP contribution is 2.22. The molecule has 1 aromatic carbocycles. The first-order chi connectivity index (χ1) is 10.6. The summed E-state index contributed by atoms with van der Waals surface area (Å²) in [5.74, 6) is 1.72. The van der Waals surface area contributed by atoms with Crippen molar-refractivity contribution in [2.24, 2.45) is 5.73 Å². The minimum atomic E-state index is -0.663. The van der Waals surface area contributed by atoms with E-state index in [2.05, 4.69) is 25.3 Å². The zero-order chi connectivity index (χ0) is 15.5. The van der Waals surface area contributed by atoms with Gasteiger partial charge in [0.25, 0.3) is 0 Å². The monoisotopic (exact) mass is 334 g/mol. The summed E-state index contributed by atoms with van der Waals surface area (Å²) < 4.78 is 0. The Morgan fingerprint density at radius 3 is 3.05 bits per heavy atom. The zero-order valence-electron chi connectivity index (χ0n) is 11.2. The Balaban J connectivity index is 1.72. The first kappa shape index (κ1) is 14.6. The molecule has 0 spiro atoms. The third-order valence-corrected chi connectivity index (χ3v) is 3.82. The second-order valence-corrected chi connectivity index (χ2v) is 5.73. The van der Waals surface area contributed by atoms with Gasteiger partial charge in [-0.2, -0.15) is 0 Å². The van der Waals surface area contributed by atoms with Crippen molar-refractivity contribution in [1.82, 2.24) is 19.9 Å². The van der Waals surface area contributed by atoms with Crippen LogP contribution in [0.25, 0.3) is 11.0 Å². The quantitative estimate of drug-likeness (QED) is 0.502. The number of carbonyl (C=O) groups is 1. The largest absolute Gasteiger partial charge is 0.351 e. The Morgan fingerprint density at radius 1 is 1.36 bits per heavy atom. The third-order valence-electron chi connectivity index (χ3n) is 2.72. The van der Waals surface area contributed by atoms with Gasteiger partial charge in [-0.15, -0.1) is 0 Å². The molecule has 0 aliphatic carbocycles. The number of halogens is 1. The fourth-order valence-electron chi connectivity index (χ4n) is 1.84. The number of anilines is 1. The number of nitrogens with one attached hydrogen (secondary N) is 2. The molecule has 0 fully saturated rings. The van der Waals surface area contributed by atoms with Crippen molar-refractivity contribution in [1.29, 1.82) is 0 Å². The van der Waals surface area contributed by atoms with Gasteiger partial charge in [-0.1, -0.05) is 23.4 Å². The van der Waals surface area contributed by atoms with Crippen LogP contribution in [-0.4, -0.2) is 26.0 Å². The van der Waals surface area contributed by atoms with Gasteiger partial charge < -0.3 is 10.7 Å². The summed E-state index contributed by atoms with van der Waals surface area (Å²) in [6.07, 6.45) is 1.55. The molecule has 0 radical (unpaired) electrons. The maximum atomic E-state index is 10.8. The highest BCUT2D eigenvalue weighted by molar-refractivity contribution is 7.98. The first-order valence-corrected chi connectivity index (χ1v) is 7.63. The summed E-state index contributed by atoms with van der Waals surface area (Å²) in [7, 11) is 0. The molecule has 2 heterocycles. The molecule has 0 saturated heterocycles. The number of nitrogens with two attached hydrogens (primary N) is 1. The molecule has 7 nitrogen and oxygen atoms in total. The van der Waals surface area contributed by atoms with Crippen molar-refractivity contribution in [3.05, 3.63) is 41.3 Å². The molecular weight excluding hydrogens is 324 g/mol. The Labute approximate surface area is 134 Å². The van der Waals surface area contributed by atoms with Gasteiger partial charge >= 0.3 is 6.03 Å². The van der Waals surface area contributed by atoms with Crippen molar-refractivity contribution in [3.63, 3.8) is 0 Å². The highest BCUT2D eigenvalue weighted by Gasteiger charge is 2.06. The van der Waals surface area contributed by atoms with Crippen LogP contribution in [0.1, 0.15) is 5.82 Å². The van der Waals surface area contributed by atoms with E-state index in [1.165, 1.54) is 11.8 Å². The average Bonchev–Trinajstić information content (AvgIpc) is 2.87. The smallest absolute Gasteiger partial charge is 0.317 e. The number of primary amides is 1. The van der Waals surface area contributed by atoms with Crippen molar-refractivity contribution in [3.8, 4) is 0 Å². The van der Waals surface area contributed by atoms with E-state index in [1.807, 2.05) is 12.1 Å². The van der Waals surface area contributed by atoms with Crippen LogP contribution in [0.15, 0.2) is 35.6 Å². The summed E-state index contributed by atoms with van der Waals surface area (Å²) in [4.78, 5) is 26.8. The molecule has 0 bridgehead atoms.